The third-order valence-electron chi connectivity index (χ3n) is 7.85. The topological polar surface area (TPSA) is 38.8 Å². The minimum Gasteiger partial charge on any atom is -0.496 e. The summed E-state index contributed by atoms with van der Waals surface area (Å²) in [4.78, 5) is 0. The highest BCUT2D eigenvalue weighted by Gasteiger charge is 2.25. The molecule has 0 radical (unpaired) electrons. The standard InChI is InChI=1S/C36H30NO3P/c1-25(26-12-4-3-5-13-26)37(24-29-16-8-11-19-32(29)38-2)41-39-33-22-20-27-14-6-9-17-30(27)35(33)36-31-18-10-7-15-28(31)21-23-34(36)40-41/h3-23,25H,24H2,1-2H3/t25-/m1/s1. The van der Waals surface area contributed by atoms with Crippen LogP contribution in [0.2, 0.25) is 0 Å². The van der Waals surface area contributed by atoms with Crippen molar-refractivity contribution in [2.75, 3.05) is 11.8 Å². The van der Waals surface area contributed by atoms with Gasteiger partial charge < -0.3 is 13.1 Å². The van der Waals surface area contributed by atoms with Gasteiger partial charge in [0.1, 0.15) is 16.9 Å². The molecule has 0 saturated heterocycles. The number of fused-ring (bicyclic) bond motifs is 7. The molecule has 0 unspecified atom stereocenters. The Balaban J connectivity index is 1.57. The van der Waals surface area contributed by atoms with E-state index in [1.54, 1.807) is 7.11 Å². The average Bonchev–Trinajstić information content (AvgIpc) is 3.21. The molecule has 1 atom stereocenters. The summed E-state index contributed by atoms with van der Waals surface area (Å²) in [7, 11) is 0.147. The van der Waals surface area contributed by atoms with Crippen LogP contribution in [-0.4, -0.2) is 7.11 Å². The molecule has 0 fully saturated rings. The van der Waals surface area contributed by atoms with E-state index in [2.05, 4.69) is 115 Å². The lowest BCUT2D eigenvalue weighted by molar-refractivity contribution is 0.408. The SMILES string of the molecule is COc1ccccc1CN([C@H](C)c1ccccc1)p1oc2ccc3ccccc3c2c2c(ccc3ccccc32)o1. The molecule has 7 rings (SSSR count). The largest absolute Gasteiger partial charge is 0.496 e. The maximum atomic E-state index is 6.97. The Hall–Kier alpha value is -4.50. The van der Waals surface area contributed by atoms with Gasteiger partial charge in [-0.15, -0.1) is 0 Å². The second kappa shape index (κ2) is 10.8. The number of hydrogen-bond donors (Lipinski definition) is 0. The van der Waals surface area contributed by atoms with Crippen molar-refractivity contribution in [1.29, 1.82) is 0 Å². The van der Waals surface area contributed by atoms with Gasteiger partial charge in [0.2, 0.25) is 0 Å². The molecule has 0 aliphatic carbocycles. The van der Waals surface area contributed by atoms with Crippen LogP contribution in [0.25, 0.3) is 43.5 Å². The Morgan fingerprint density at radius 1 is 0.634 bits per heavy atom. The molecule has 0 aliphatic heterocycles. The fourth-order valence-corrected chi connectivity index (χ4v) is 7.28. The van der Waals surface area contributed by atoms with Gasteiger partial charge in [0.15, 0.2) is 0 Å². The molecule has 7 aromatic rings. The van der Waals surface area contributed by atoms with E-state index < -0.39 is 8.16 Å². The molecule has 6 aromatic carbocycles. The van der Waals surface area contributed by atoms with Crippen molar-refractivity contribution in [3.05, 3.63) is 139 Å². The number of benzene rings is 6. The van der Waals surface area contributed by atoms with Crippen molar-refractivity contribution in [1.82, 2.24) is 0 Å². The molecular weight excluding hydrogens is 525 g/mol. The molecule has 0 spiro atoms. The smallest absolute Gasteiger partial charge is 0.310 e. The Labute approximate surface area is 240 Å². The molecule has 1 heterocycles. The van der Waals surface area contributed by atoms with E-state index >= 15 is 0 Å². The minimum absolute atomic E-state index is 0.0122. The number of methoxy groups -OCH3 is 1. The highest BCUT2D eigenvalue weighted by atomic mass is 31.1. The van der Waals surface area contributed by atoms with Gasteiger partial charge in [0.05, 0.1) is 7.11 Å². The van der Waals surface area contributed by atoms with E-state index in [1.807, 2.05) is 24.3 Å². The summed E-state index contributed by atoms with van der Waals surface area (Å²) >= 11 is 0. The fourth-order valence-electron chi connectivity index (χ4n) is 5.71. The minimum atomic E-state index is -1.57. The second-order valence-electron chi connectivity index (χ2n) is 10.2. The van der Waals surface area contributed by atoms with Gasteiger partial charge in [-0.3, -0.25) is 0 Å². The molecule has 1 aromatic heterocycles. The van der Waals surface area contributed by atoms with Crippen LogP contribution in [0, 0.1) is 0 Å². The van der Waals surface area contributed by atoms with Gasteiger partial charge in [0, 0.05) is 28.9 Å². The lowest BCUT2D eigenvalue weighted by atomic mass is 9.99. The van der Waals surface area contributed by atoms with Gasteiger partial charge in [-0.2, -0.15) is 4.67 Å². The van der Waals surface area contributed by atoms with E-state index in [4.69, 9.17) is 13.1 Å². The second-order valence-corrected chi connectivity index (χ2v) is 11.6. The van der Waals surface area contributed by atoms with E-state index in [0.717, 1.165) is 44.0 Å². The summed E-state index contributed by atoms with van der Waals surface area (Å²) in [6.07, 6.45) is 0. The monoisotopic (exact) mass is 555 g/mol. The quantitative estimate of drug-likeness (QED) is 0.205. The van der Waals surface area contributed by atoms with Crippen LogP contribution in [0.4, 0.5) is 0 Å². The van der Waals surface area contributed by atoms with E-state index in [9.17, 15) is 0 Å². The lowest BCUT2D eigenvalue weighted by Gasteiger charge is -2.26. The lowest BCUT2D eigenvalue weighted by Crippen LogP contribution is -2.23. The predicted molar refractivity (Wildman–Crippen MR) is 171 cm³/mol. The zero-order valence-electron chi connectivity index (χ0n) is 23.0. The van der Waals surface area contributed by atoms with Crippen molar-refractivity contribution >= 4 is 51.6 Å². The van der Waals surface area contributed by atoms with E-state index in [-0.39, 0.29) is 6.04 Å². The molecule has 41 heavy (non-hydrogen) atoms. The van der Waals surface area contributed by atoms with Gasteiger partial charge in [-0.25, -0.2) is 0 Å². The fraction of sp³-hybridized carbons (Fsp3) is 0.111. The van der Waals surface area contributed by atoms with Gasteiger partial charge in [-0.1, -0.05) is 109 Å². The summed E-state index contributed by atoms with van der Waals surface area (Å²) < 4.78 is 22.0. The first-order chi connectivity index (χ1) is 20.2. The molecule has 0 amide bonds. The van der Waals surface area contributed by atoms with Crippen molar-refractivity contribution < 1.29 is 13.1 Å². The summed E-state index contributed by atoms with van der Waals surface area (Å²) in [5.74, 6) is 0.848. The van der Waals surface area contributed by atoms with Crippen molar-refractivity contribution in [2.24, 2.45) is 0 Å². The maximum Gasteiger partial charge on any atom is 0.310 e. The third-order valence-corrected chi connectivity index (χ3v) is 9.46. The van der Waals surface area contributed by atoms with Crippen LogP contribution in [0.5, 0.6) is 5.75 Å². The zero-order valence-corrected chi connectivity index (χ0v) is 23.9. The van der Waals surface area contributed by atoms with E-state index in [1.165, 1.54) is 16.3 Å². The summed E-state index contributed by atoms with van der Waals surface area (Å²) in [5, 5.41) is 6.78. The maximum absolute atomic E-state index is 6.97. The van der Waals surface area contributed by atoms with Crippen molar-refractivity contribution in [3.8, 4) is 5.75 Å². The molecule has 0 aliphatic rings. The number of para-hydroxylation sites is 1. The van der Waals surface area contributed by atoms with Gasteiger partial charge in [0.25, 0.3) is 0 Å². The summed E-state index contributed by atoms with van der Waals surface area (Å²) in [6.45, 7) is 2.81. The van der Waals surface area contributed by atoms with Crippen LogP contribution >= 0.6 is 8.16 Å². The van der Waals surface area contributed by atoms with E-state index in [0.29, 0.717) is 6.54 Å². The van der Waals surface area contributed by atoms with Crippen molar-refractivity contribution in [2.45, 2.75) is 19.5 Å². The summed E-state index contributed by atoms with van der Waals surface area (Å²) in [5.41, 5.74) is 3.93. The van der Waals surface area contributed by atoms with Crippen LogP contribution in [0.15, 0.2) is 136 Å². The molecule has 0 N–H and O–H groups in total. The predicted octanol–water partition coefficient (Wildman–Crippen LogP) is 10.5. The van der Waals surface area contributed by atoms with Gasteiger partial charge >= 0.3 is 8.16 Å². The summed E-state index contributed by atoms with van der Waals surface area (Å²) in [6, 6.07) is 44.2. The number of ether oxygens (including phenoxy) is 1. The van der Waals surface area contributed by atoms with Crippen LogP contribution in [-0.2, 0) is 6.54 Å². The normalized spacial score (nSPS) is 12.4. The first-order valence-corrected chi connectivity index (χ1v) is 15.0. The molecule has 202 valence electrons. The highest BCUT2D eigenvalue weighted by molar-refractivity contribution is 7.38. The number of rotatable bonds is 6. The molecular formula is C36H30NO3P. The first kappa shape index (κ1) is 25.5. The highest BCUT2D eigenvalue weighted by Crippen LogP contribution is 2.45. The number of nitrogens with zero attached hydrogens (tertiary/aromatic N) is 1. The van der Waals surface area contributed by atoms with Crippen molar-refractivity contribution in [3.63, 3.8) is 0 Å². The molecule has 5 heteroatoms. The number of hydrogen-bond acceptors (Lipinski definition) is 4. The molecule has 4 nitrogen and oxygen atoms in total. The molecule has 0 saturated carbocycles. The molecule has 0 bridgehead atoms. The average molecular weight is 556 g/mol. The van der Waals surface area contributed by atoms with Crippen LogP contribution in [0.1, 0.15) is 24.1 Å². The van der Waals surface area contributed by atoms with Gasteiger partial charge in [-0.05, 0) is 52.2 Å². The zero-order chi connectivity index (χ0) is 27.8. The Bertz CT molecular complexity index is 1950. The van der Waals surface area contributed by atoms with Crippen LogP contribution in [0.3, 0.4) is 0 Å². The van der Waals surface area contributed by atoms with Crippen LogP contribution < -0.4 is 9.41 Å². The Kier molecular flexibility index (Phi) is 6.72. The third kappa shape index (κ3) is 4.66. The first-order valence-electron chi connectivity index (χ1n) is 13.8. The Morgan fingerprint density at radius 2 is 1.17 bits per heavy atom. The Morgan fingerprint density at radius 3 is 1.78 bits per heavy atom.